The van der Waals surface area contributed by atoms with Crippen LogP contribution in [0.5, 0.6) is 0 Å². The molecule has 0 aliphatic heterocycles. The second kappa shape index (κ2) is 2.87. The van der Waals surface area contributed by atoms with Crippen molar-refractivity contribution in [2.24, 2.45) is 7.05 Å². The van der Waals surface area contributed by atoms with Crippen LogP contribution in [0, 0.1) is 10.1 Å². The topological polar surface area (TPSA) is 105 Å². The van der Waals surface area contributed by atoms with Gasteiger partial charge in [-0.15, -0.1) is 0 Å². The molecule has 0 fully saturated rings. The lowest BCUT2D eigenvalue weighted by Crippen LogP contribution is -2.06. The van der Waals surface area contributed by atoms with Crippen LogP contribution in [0.15, 0.2) is 12.4 Å². The summed E-state index contributed by atoms with van der Waals surface area (Å²) in [5, 5.41) is 21.5. The zero-order valence-electron chi connectivity index (χ0n) is 7.10. The molecule has 9 heteroatoms. The van der Waals surface area contributed by atoms with E-state index in [9.17, 15) is 10.1 Å². The third-order valence-corrected chi connectivity index (χ3v) is 1.49. The Kier molecular flexibility index (Phi) is 1.70. The number of hydrogen-bond acceptors (Lipinski definition) is 6. The first-order chi connectivity index (χ1) is 6.68. The Morgan fingerprint density at radius 2 is 2.07 bits per heavy atom. The van der Waals surface area contributed by atoms with Gasteiger partial charge in [0.2, 0.25) is 0 Å². The highest BCUT2D eigenvalue weighted by atomic mass is 16.6. The molecule has 14 heavy (non-hydrogen) atoms. The van der Waals surface area contributed by atoms with Crippen LogP contribution >= 0.6 is 0 Å². The Bertz CT molecular complexity index is 458. The molecule has 2 aromatic heterocycles. The third kappa shape index (κ3) is 1.20. The molecule has 2 heterocycles. The van der Waals surface area contributed by atoms with Crippen molar-refractivity contribution < 1.29 is 4.92 Å². The average Bonchev–Trinajstić information content (AvgIpc) is 2.71. The molecule has 0 aromatic carbocycles. The van der Waals surface area contributed by atoms with Crippen LogP contribution in [0.2, 0.25) is 0 Å². The Morgan fingerprint density at radius 1 is 1.43 bits per heavy atom. The summed E-state index contributed by atoms with van der Waals surface area (Å²) in [4.78, 5) is 14.5. The lowest BCUT2D eigenvalue weighted by Gasteiger charge is -1.88. The summed E-state index contributed by atoms with van der Waals surface area (Å²) in [6.45, 7) is 0. The van der Waals surface area contributed by atoms with Gasteiger partial charge in [0.05, 0.1) is 12.4 Å². The summed E-state index contributed by atoms with van der Waals surface area (Å²) in [5.41, 5.74) is 0. The Labute approximate surface area is 77.1 Å². The average molecular weight is 195 g/mol. The normalized spacial score (nSPS) is 10.4. The molecular formula is C5H5N7O2. The minimum atomic E-state index is -0.674. The van der Waals surface area contributed by atoms with Gasteiger partial charge in [-0.3, -0.25) is 0 Å². The molecule has 72 valence electrons. The van der Waals surface area contributed by atoms with Crippen LogP contribution in [0.1, 0.15) is 0 Å². The number of aromatic nitrogens is 6. The Balaban J connectivity index is 2.50. The van der Waals surface area contributed by atoms with Crippen LogP contribution in [0.25, 0.3) is 5.95 Å². The highest BCUT2D eigenvalue weighted by Gasteiger charge is 2.21. The van der Waals surface area contributed by atoms with Gasteiger partial charge in [0.25, 0.3) is 0 Å². The van der Waals surface area contributed by atoms with Crippen molar-refractivity contribution >= 4 is 5.95 Å². The van der Waals surface area contributed by atoms with Crippen LogP contribution in [-0.2, 0) is 7.05 Å². The molecule has 0 aliphatic rings. The first kappa shape index (κ1) is 8.29. The molecule has 0 amide bonds. The summed E-state index contributed by atoms with van der Waals surface area (Å²) < 4.78 is 1.23. The molecule has 0 atom stereocenters. The summed E-state index contributed by atoms with van der Waals surface area (Å²) in [5.74, 6) is -0.276. The molecule has 9 nitrogen and oxygen atoms in total. The molecule has 0 aliphatic carbocycles. The molecule has 0 saturated heterocycles. The quantitative estimate of drug-likeness (QED) is 0.463. The Morgan fingerprint density at radius 3 is 2.57 bits per heavy atom. The van der Waals surface area contributed by atoms with Gasteiger partial charge in [0, 0.05) is 12.1 Å². The van der Waals surface area contributed by atoms with Gasteiger partial charge in [-0.2, -0.15) is 14.9 Å². The van der Waals surface area contributed by atoms with E-state index in [0.29, 0.717) is 0 Å². The van der Waals surface area contributed by atoms with E-state index in [2.05, 4.69) is 20.3 Å². The SMILES string of the molecule is Cn1nc([N+](=O)[O-])nc1-n1nccn1. The number of aryl methyl sites for hydroxylation is 1. The minimum absolute atomic E-state index is 0.196. The lowest BCUT2D eigenvalue weighted by molar-refractivity contribution is -0.394. The maximum absolute atomic E-state index is 10.4. The first-order valence-electron chi connectivity index (χ1n) is 3.60. The van der Waals surface area contributed by atoms with E-state index < -0.39 is 10.9 Å². The maximum Gasteiger partial charge on any atom is 0.493 e. The molecule has 0 radical (unpaired) electrons. The largest absolute Gasteiger partial charge is 0.493 e. The minimum Gasteiger partial charge on any atom is -0.390 e. The lowest BCUT2D eigenvalue weighted by atomic mass is 11.0. The van der Waals surface area contributed by atoms with E-state index in [1.54, 1.807) is 0 Å². The Hall–Kier alpha value is -2.32. The molecule has 0 unspecified atom stereocenters. The maximum atomic E-state index is 10.4. The van der Waals surface area contributed by atoms with E-state index in [0.717, 1.165) is 4.80 Å². The molecule has 2 rings (SSSR count). The van der Waals surface area contributed by atoms with Gasteiger partial charge in [-0.1, -0.05) is 4.80 Å². The van der Waals surface area contributed by atoms with Crippen molar-refractivity contribution in [3.63, 3.8) is 0 Å². The van der Waals surface area contributed by atoms with Crippen LogP contribution in [0.3, 0.4) is 0 Å². The van der Waals surface area contributed by atoms with Gasteiger partial charge >= 0.3 is 11.9 Å². The van der Waals surface area contributed by atoms with Gasteiger partial charge in [0.15, 0.2) is 0 Å². The number of nitrogens with zero attached hydrogens (tertiary/aromatic N) is 7. The highest BCUT2D eigenvalue weighted by molar-refractivity contribution is 5.13. The fourth-order valence-electron chi connectivity index (χ4n) is 0.934. The zero-order chi connectivity index (χ0) is 10.1. The molecule has 0 spiro atoms. The van der Waals surface area contributed by atoms with Gasteiger partial charge < -0.3 is 10.1 Å². The number of nitro groups is 1. The molecule has 0 N–H and O–H groups in total. The fraction of sp³-hybridized carbons (Fsp3) is 0.200. The molecular weight excluding hydrogens is 190 g/mol. The van der Waals surface area contributed by atoms with Gasteiger partial charge in [-0.05, 0) is 9.91 Å². The number of rotatable bonds is 2. The smallest absolute Gasteiger partial charge is 0.390 e. The van der Waals surface area contributed by atoms with E-state index in [1.165, 1.54) is 24.1 Å². The predicted molar refractivity (Wildman–Crippen MR) is 42.6 cm³/mol. The number of hydrogen-bond donors (Lipinski definition) is 0. The van der Waals surface area contributed by atoms with E-state index in [1.807, 2.05) is 0 Å². The standard InChI is InChI=1S/C5H5N7O2/c1-10-5(11-6-2-3-7-11)8-4(9-10)12(13)14/h2-3H,1H3. The second-order valence-corrected chi connectivity index (χ2v) is 2.41. The second-order valence-electron chi connectivity index (χ2n) is 2.41. The molecule has 2 aromatic rings. The molecule has 0 bridgehead atoms. The van der Waals surface area contributed by atoms with Crippen molar-refractivity contribution in [3.8, 4) is 5.95 Å². The summed E-state index contributed by atoms with van der Waals surface area (Å²) >= 11 is 0. The van der Waals surface area contributed by atoms with Crippen molar-refractivity contribution in [3.05, 3.63) is 22.5 Å². The monoisotopic (exact) mass is 195 g/mol. The van der Waals surface area contributed by atoms with E-state index in [4.69, 9.17) is 0 Å². The van der Waals surface area contributed by atoms with E-state index in [-0.39, 0.29) is 5.95 Å². The molecule has 0 saturated carbocycles. The summed E-state index contributed by atoms with van der Waals surface area (Å²) in [7, 11) is 1.53. The predicted octanol–water partition coefficient (Wildman–Crippen LogP) is -0.696. The summed E-state index contributed by atoms with van der Waals surface area (Å²) in [6.07, 6.45) is 2.89. The van der Waals surface area contributed by atoms with E-state index >= 15 is 0 Å². The third-order valence-electron chi connectivity index (χ3n) is 1.49. The van der Waals surface area contributed by atoms with Crippen molar-refractivity contribution in [1.29, 1.82) is 0 Å². The zero-order valence-corrected chi connectivity index (χ0v) is 7.10. The van der Waals surface area contributed by atoms with Crippen molar-refractivity contribution in [2.45, 2.75) is 0 Å². The van der Waals surface area contributed by atoms with Gasteiger partial charge in [0.1, 0.15) is 0 Å². The summed E-state index contributed by atoms with van der Waals surface area (Å²) in [6, 6.07) is 0. The first-order valence-corrected chi connectivity index (χ1v) is 3.60. The fourth-order valence-corrected chi connectivity index (χ4v) is 0.934. The van der Waals surface area contributed by atoms with Gasteiger partial charge in [-0.25, -0.2) is 0 Å². The van der Waals surface area contributed by atoms with Crippen molar-refractivity contribution in [1.82, 2.24) is 29.8 Å². The van der Waals surface area contributed by atoms with Crippen molar-refractivity contribution in [2.75, 3.05) is 0 Å². The van der Waals surface area contributed by atoms with Crippen LogP contribution in [0.4, 0.5) is 5.95 Å². The highest BCUT2D eigenvalue weighted by Crippen LogP contribution is 2.06. The van der Waals surface area contributed by atoms with Crippen LogP contribution < -0.4 is 0 Å². The van der Waals surface area contributed by atoms with Crippen LogP contribution in [-0.4, -0.2) is 34.7 Å².